The Kier molecular flexibility index (Phi) is 4.49. The zero-order valence-corrected chi connectivity index (χ0v) is 11.8. The van der Waals surface area contributed by atoms with E-state index in [0.717, 1.165) is 0 Å². The van der Waals surface area contributed by atoms with Crippen LogP contribution in [0.5, 0.6) is 0 Å². The van der Waals surface area contributed by atoms with E-state index in [1.165, 1.54) is 6.26 Å². The van der Waals surface area contributed by atoms with Crippen LogP contribution in [0.15, 0.2) is 34.7 Å². The van der Waals surface area contributed by atoms with Crippen LogP contribution in [0.3, 0.4) is 0 Å². The molecule has 1 heterocycles. The fourth-order valence-corrected chi connectivity index (χ4v) is 2.03. The molecule has 96 valence electrons. The molecular formula is C12H11BrClNO3. The molecule has 1 N–H and O–H groups in total. The number of benzene rings is 1. The van der Waals surface area contributed by atoms with Crippen molar-refractivity contribution in [1.29, 1.82) is 0 Å². The number of ether oxygens (including phenoxy) is 2. The molecule has 2 rings (SSSR count). The molecule has 1 aliphatic rings. The number of carbonyl (C=O) groups is 1. The Balaban J connectivity index is 1.99. The summed E-state index contributed by atoms with van der Waals surface area (Å²) in [6.45, 7) is 1.33. The van der Waals surface area contributed by atoms with Crippen molar-refractivity contribution in [2.45, 2.75) is 0 Å². The van der Waals surface area contributed by atoms with Crippen LogP contribution in [0.4, 0.5) is 0 Å². The predicted octanol–water partition coefficient (Wildman–Crippen LogP) is 2.72. The van der Waals surface area contributed by atoms with Crippen molar-refractivity contribution in [1.82, 2.24) is 5.32 Å². The number of nitrogens with one attached hydrogen (secondary N) is 1. The van der Waals surface area contributed by atoms with E-state index >= 15 is 0 Å². The van der Waals surface area contributed by atoms with Crippen LogP contribution in [-0.4, -0.2) is 25.7 Å². The second kappa shape index (κ2) is 6.11. The minimum atomic E-state index is -0.223. The van der Waals surface area contributed by atoms with Crippen molar-refractivity contribution in [3.05, 3.63) is 45.3 Å². The summed E-state index contributed by atoms with van der Waals surface area (Å²) < 4.78 is 11.1. The van der Waals surface area contributed by atoms with Gasteiger partial charge in [-0.3, -0.25) is 4.79 Å². The first-order valence-corrected chi connectivity index (χ1v) is 6.50. The normalized spacial score (nSPS) is 14.2. The van der Waals surface area contributed by atoms with Crippen LogP contribution in [0.2, 0.25) is 5.02 Å². The van der Waals surface area contributed by atoms with Gasteiger partial charge >= 0.3 is 0 Å². The molecule has 1 amide bonds. The Morgan fingerprint density at radius 3 is 3.00 bits per heavy atom. The molecule has 4 nitrogen and oxygen atoms in total. The van der Waals surface area contributed by atoms with Gasteiger partial charge in [0.2, 0.25) is 0 Å². The zero-order valence-electron chi connectivity index (χ0n) is 9.41. The van der Waals surface area contributed by atoms with Crippen LogP contribution in [-0.2, 0) is 9.47 Å². The summed E-state index contributed by atoms with van der Waals surface area (Å²) in [7, 11) is 0. The van der Waals surface area contributed by atoms with Crippen LogP contribution in [0, 0.1) is 0 Å². The van der Waals surface area contributed by atoms with Crippen LogP contribution in [0.25, 0.3) is 0 Å². The van der Waals surface area contributed by atoms with Gasteiger partial charge in [0.1, 0.15) is 25.2 Å². The minimum Gasteiger partial charge on any atom is -0.494 e. The van der Waals surface area contributed by atoms with E-state index in [9.17, 15) is 4.79 Å². The van der Waals surface area contributed by atoms with E-state index in [2.05, 4.69) is 21.2 Å². The molecule has 18 heavy (non-hydrogen) atoms. The minimum absolute atomic E-state index is 0.223. The SMILES string of the molecule is O=C(NCC1=COCCO1)c1cc(Cl)ccc1Br. The van der Waals surface area contributed by atoms with Gasteiger partial charge in [0.05, 0.1) is 12.1 Å². The molecule has 0 saturated heterocycles. The largest absolute Gasteiger partial charge is 0.494 e. The summed E-state index contributed by atoms with van der Waals surface area (Å²) >= 11 is 9.16. The van der Waals surface area contributed by atoms with Crippen LogP contribution in [0.1, 0.15) is 10.4 Å². The lowest BCUT2D eigenvalue weighted by molar-refractivity contribution is 0.0775. The highest BCUT2D eigenvalue weighted by Crippen LogP contribution is 2.21. The monoisotopic (exact) mass is 331 g/mol. The van der Waals surface area contributed by atoms with Crippen molar-refractivity contribution in [3.63, 3.8) is 0 Å². The average Bonchev–Trinajstić information content (AvgIpc) is 2.40. The van der Waals surface area contributed by atoms with Gasteiger partial charge in [-0.25, -0.2) is 0 Å². The van der Waals surface area contributed by atoms with E-state index in [1.807, 2.05) is 0 Å². The van der Waals surface area contributed by atoms with Gasteiger partial charge < -0.3 is 14.8 Å². The first-order chi connectivity index (χ1) is 8.66. The molecular weight excluding hydrogens is 321 g/mol. The molecule has 0 aromatic heterocycles. The molecule has 0 radical (unpaired) electrons. The second-order valence-corrected chi connectivity index (χ2v) is 4.90. The summed E-state index contributed by atoms with van der Waals surface area (Å²) in [4.78, 5) is 11.9. The highest BCUT2D eigenvalue weighted by atomic mass is 79.9. The Morgan fingerprint density at radius 2 is 2.28 bits per heavy atom. The Hall–Kier alpha value is -1.20. The lowest BCUT2D eigenvalue weighted by Crippen LogP contribution is -2.28. The number of carbonyl (C=O) groups excluding carboxylic acids is 1. The van der Waals surface area contributed by atoms with Crippen molar-refractivity contribution in [2.75, 3.05) is 19.8 Å². The van der Waals surface area contributed by atoms with E-state index < -0.39 is 0 Å². The topological polar surface area (TPSA) is 47.6 Å². The number of amides is 1. The van der Waals surface area contributed by atoms with E-state index in [4.69, 9.17) is 21.1 Å². The van der Waals surface area contributed by atoms with Gasteiger partial charge in [-0.2, -0.15) is 0 Å². The maximum absolute atomic E-state index is 11.9. The summed E-state index contributed by atoms with van der Waals surface area (Å²) in [6.07, 6.45) is 1.51. The molecule has 0 bridgehead atoms. The average molecular weight is 333 g/mol. The van der Waals surface area contributed by atoms with Gasteiger partial charge in [0.15, 0.2) is 0 Å². The van der Waals surface area contributed by atoms with Gasteiger partial charge in [0.25, 0.3) is 5.91 Å². The summed E-state index contributed by atoms with van der Waals surface area (Å²) in [5.41, 5.74) is 0.486. The fourth-order valence-electron chi connectivity index (χ4n) is 1.43. The highest BCUT2D eigenvalue weighted by Gasteiger charge is 2.12. The molecule has 1 aliphatic heterocycles. The second-order valence-electron chi connectivity index (χ2n) is 3.61. The summed E-state index contributed by atoms with van der Waals surface area (Å²) in [5.74, 6) is 0.382. The van der Waals surface area contributed by atoms with E-state index in [1.54, 1.807) is 18.2 Å². The number of rotatable bonds is 3. The van der Waals surface area contributed by atoms with Gasteiger partial charge in [-0.15, -0.1) is 0 Å². The third-order valence-corrected chi connectivity index (χ3v) is 3.23. The van der Waals surface area contributed by atoms with Crippen molar-refractivity contribution in [2.24, 2.45) is 0 Å². The Labute approximate surface area is 118 Å². The van der Waals surface area contributed by atoms with Crippen LogP contribution < -0.4 is 5.32 Å². The number of hydrogen-bond acceptors (Lipinski definition) is 3. The molecule has 0 unspecified atom stereocenters. The van der Waals surface area contributed by atoms with Crippen molar-refractivity contribution < 1.29 is 14.3 Å². The molecule has 0 spiro atoms. The summed E-state index contributed by atoms with van der Waals surface area (Å²) in [6, 6.07) is 5.05. The third-order valence-electron chi connectivity index (χ3n) is 2.30. The van der Waals surface area contributed by atoms with Gasteiger partial charge in [-0.1, -0.05) is 11.6 Å². The number of halogens is 2. The first-order valence-electron chi connectivity index (χ1n) is 5.33. The molecule has 1 aromatic carbocycles. The Bertz CT molecular complexity index is 490. The van der Waals surface area contributed by atoms with Crippen molar-refractivity contribution in [3.8, 4) is 0 Å². The fraction of sp³-hybridized carbons (Fsp3) is 0.250. The molecule has 0 atom stereocenters. The molecule has 6 heteroatoms. The molecule has 1 aromatic rings. The van der Waals surface area contributed by atoms with E-state index in [-0.39, 0.29) is 12.5 Å². The lowest BCUT2D eigenvalue weighted by Gasteiger charge is -2.16. The Morgan fingerprint density at radius 1 is 1.44 bits per heavy atom. The lowest BCUT2D eigenvalue weighted by atomic mass is 10.2. The summed E-state index contributed by atoms with van der Waals surface area (Å²) in [5, 5.41) is 3.25. The highest BCUT2D eigenvalue weighted by molar-refractivity contribution is 9.10. The third kappa shape index (κ3) is 3.40. The molecule has 0 fully saturated rings. The first kappa shape index (κ1) is 13.2. The van der Waals surface area contributed by atoms with Gasteiger partial charge in [-0.05, 0) is 34.1 Å². The number of hydrogen-bond donors (Lipinski definition) is 1. The van der Waals surface area contributed by atoms with Crippen LogP contribution >= 0.6 is 27.5 Å². The maximum Gasteiger partial charge on any atom is 0.252 e. The van der Waals surface area contributed by atoms with E-state index in [0.29, 0.717) is 34.0 Å². The smallest absolute Gasteiger partial charge is 0.252 e. The zero-order chi connectivity index (χ0) is 13.0. The van der Waals surface area contributed by atoms with Gasteiger partial charge in [0, 0.05) is 9.50 Å². The maximum atomic E-state index is 11.9. The quantitative estimate of drug-likeness (QED) is 0.926. The predicted molar refractivity (Wildman–Crippen MR) is 71.5 cm³/mol. The molecule has 0 saturated carbocycles. The van der Waals surface area contributed by atoms with Crippen molar-refractivity contribution >= 4 is 33.4 Å². The molecule has 0 aliphatic carbocycles. The standard InChI is InChI=1S/C12H11BrClNO3/c13-11-2-1-8(14)5-10(11)12(16)15-6-9-7-17-3-4-18-9/h1-2,5,7H,3-4,6H2,(H,15,16).